The molecule has 130 valence electrons. The Bertz CT molecular complexity index is 950. The SMILES string of the molecule is COc1ccc([C@H]2Oc3ccccc3[C@@H]3CC(c4ccsc4)=NN23)cc1. The summed E-state index contributed by atoms with van der Waals surface area (Å²) in [6.45, 7) is 0. The highest BCUT2D eigenvalue weighted by molar-refractivity contribution is 7.08. The highest BCUT2D eigenvalue weighted by atomic mass is 32.1. The maximum atomic E-state index is 6.35. The maximum absolute atomic E-state index is 6.35. The Labute approximate surface area is 156 Å². The average Bonchev–Trinajstić information content (AvgIpc) is 3.37. The molecule has 2 aliphatic rings. The number of hydrogen-bond donors (Lipinski definition) is 0. The fourth-order valence-corrected chi connectivity index (χ4v) is 4.29. The Balaban J connectivity index is 1.58. The van der Waals surface area contributed by atoms with E-state index in [-0.39, 0.29) is 12.3 Å². The van der Waals surface area contributed by atoms with Gasteiger partial charge in [0.05, 0.1) is 18.9 Å². The third kappa shape index (κ3) is 2.47. The Kier molecular flexibility index (Phi) is 3.68. The van der Waals surface area contributed by atoms with Crippen LogP contribution in [0.3, 0.4) is 0 Å². The third-order valence-corrected chi connectivity index (χ3v) is 5.64. The Hall–Kier alpha value is -2.79. The molecule has 5 heteroatoms. The number of nitrogens with zero attached hydrogens (tertiary/aromatic N) is 2. The van der Waals surface area contributed by atoms with E-state index in [0.717, 1.165) is 29.2 Å². The summed E-state index contributed by atoms with van der Waals surface area (Å²) in [6, 6.07) is 18.6. The lowest BCUT2D eigenvalue weighted by molar-refractivity contribution is -0.0190. The third-order valence-electron chi connectivity index (χ3n) is 4.95. The molecule has 1 aromatic heterocycles. The summed E-state index contributed by atoms with van der Waals surface area (Å²) in [7, 11) is 1.68. The second kappa shape index (κ2) is 6.18. The predicted molar refractivity (Wildman–Crippen MR) is 103 cm³/mol. The van der Waals surface area contributed by atoms with Crippen molar-refractivity contribution in [3.05, 3.63) is 82.0 Å². The first kappa shape index (κ1) is 15.5. The van der Waals surface area contributed by atoms with Crippen LogP contribution in [0, 0.1) is 0 Å². The van der Waals surface area contributed by atoms with Crippen LogP contribution in [-0.4, -0.2) is 17.8 Å². The van der Waals surface area contributed by atoms with Crippen molar-refractivity contribution in [3.63, 3.8) is 0 Å². The minimum Gasteiger partial charge on any atom is -0.497 e. The van der Waals surface area contributed by atoms with Gasteiger partial charge in [0.2, 0.25) is 6.23 Å². The number of para-hydroxylation sites is 1. The molecule has 0 saturated carbocycles. The highest BCUT2D eigenvalue weighted by Gasteiger charge is 2.40. The summed E-state index contributed by atoms with van der Waals surface area (Å²) in [4.78, 5) is 0. The van der Waals surface area contributed by atoms with E-state index < -0.39 is 0 Å². The van der Waals surface area contributed by atoms with Crippen molar-refractivity contribution < 1.29 is 9.47 Å². The van der Waals surface area contributed by atoms with Gasteiger partial charge < -0.3 is 9.47 Å². The maximum Gasteiger partial charge on any atom is 0.213 e. The number of ether oxygens (including phenoxy) is 2. The lowest BCUT2D eigenvalue weighted by Crippen LogP contribution is -2.33. The molecule has 2 aliphatic heterocycles. The molecule has 26 heavy (non-hydrogen) atoms. The molecule has 2 atom stereocenters. The molecule has 0 radical (unpaired) electrons. The number of hydrazone groups is 1. The van der Waals surface area contributed by atoms with Crippen LogP contribution in [0.4, 0.5) is 0 Å². The lowest BCUT2D eigenvalue weighted by atomic mass is 9.97. The van der Waals surface area contributed by atoms with Crippen LogP contribution in [0.15, 0.2) is 70.5 Å². The fourth-order valence-electron chi connectivity index (χ4n) is 3.63. The van der Waals surface area contributed by atoms with Gasteiger partial charge in [-0.3, -0.25) is 0 Å². The van der Waals surface area contributed by atoms with Gasteiger partial charge in [0.1, 0.15) is 11.5 Å². The number of fused-ring (bicyclic) bond motifs is 3. The average molecular weight is 362 g/mol. The summed E-state index contributed by atoms with van der Waals surface area (Å²) in [5, 5.41) is 11.3. The molecule has 4 nitrogen and oxygen atoms in total. The van der Waals surface area contributed by atoms with E-state index in [0.29, 0.717) is 0 Å². The fraction of sp³-hybridized carbons (Fsp3) is 0.190. The molecule has 5 rings (SSSR count). The Morgan fingerprint density at radius 1 is 1.12 bits per heavy atom. The van der Waals surface area contributed by atoms with Crippen molar-refractivity contribution in [2.75, 3.05) is 7.11 Å². The monoisotopic (exact) mass is 362 g/mol. The van der Waals surface area contributed by atoms with E-state index in [4.69, 9.17) is 14.6 Å². The molecule has 0 N–H and O–H groups in total. The topological polar surface area (TPSA) is 34.1 Å². The van der Waals surface area contributed by atoms with Gasteiger partial charge in [-0.15, -0.1) is 0 Å². The van der Waals surface area contributed by atoms with Crippen molar-refractivity contribution in [2.24, 2.45) is 5.10 Å². The zero-order chi connectivity index (χ0) is 17.5. The molecule has 3 aromatic rings. The van der Waals surface area contributed by atoms with Crippen LogP contribution in [-0.2, 0) is 0 Å². The number of hydrogen-bond acceptors (Lipinski definition) is 5. The van der Waals surface area contributed by atoms with Gasteiger partial charge in [-0.1, -0.05) is 18.2 Å². The van der Waals surface area contributed by atoms with Crippen molar-refractivity contribution in [1.82, 2.24) is 5.01 Å². The molecule has 0 bridgehead atoms. The number of benzene rings is 2. The molecule has 0 spiro atoms. The highest BCUT2D eigenvalue weighted by Crippen LogP contribution is 2.47. The first-order valence-electron chi connectivity index (χ1n) is 8.61. The minimum atomic E-state index is -0.239. The van der Waals surface area contributed by atoms with E-state index in [9.17, 15) is 0 Å². The smallest absolute Gasteiger partial charge is 0.213 e. The molecule has 2 aromatic carbocycles. The minimum absolute atomic E-state index is 0.196. The summed E-state index contributed by atoms with van der Waals surface area (Å²) < 4.78 is 11.6. The summed E-state index contributed by atoms with van der Waals surface area (Å²) in [6.07, 6.45) is 0.654. The van der Waals surface area contributed by atoms with Crippen molar-refractivity contribution in [3.8, 4) is 11.5 Å². The molecule has 0 aliphatic carbocycles. The van der Waals surface area contributed by atoms with Crippen LogP contribution < -0.4 is 9.47 Å². The predicted octanol–water partition coefficient (Wildman–Crippen LogP) is 5.00. The van der Waals surface area contributed by atoms with Crippen molar-refractivity contribution in [1.29, 1.82) is 0 Å². The zero-order valence-corrected chi connectivity index (χ0v) is 15.1. The molecule has 3 heterocycles. The normalized spacial score (nSPS) is 20.8. The molecule has 0 saturated heterocycles. The molecule has 0 amide bonds. The first-order chi connectivity index (χ1) is 12.8. The molecule has 0 fully saturated rings. The molecular formula is C21H18N2O2S. The van der Waals surface area contributed by atoms with Gasteiger partial charge in [0.25, 0.3) is 0 Å². The van der Waals surface area contributed by atoms with Gasteiger partial charge in [-0.2, -0.15) is 16.4 Å². The van der Waals surface area contributed by atoms with Gasteiger partial charge in [-0.25, -0.2) is 5.01 Å². The quantitative estimate of drug-likeness (QED) is 0.658. The van der Waals surface area contributed by atoms with E-state index in [1.54, 1.807) is 18.4 Å². The van der Waals surface area contributed by atoms with Crippen molar-refractivity contribution >= 4 is 17.0 Å². The van der Waals surface area contributed by atoms with Crippen LogP contribution in [0.5, 0.6) is 11.5 Å². The van der Waals surface area contributed by atoms with Crippen LogP contribution >= 0.6 is 11.3 Å². The molecule has 0 unspecified atom stereocenters. The summed E-state index contributed by atoms with van der Waals surface area (Å²) >= 11 is 1.70. The van der Waals surface area contributed by atoms with Crippen LogP contribution in [0.2, 0.25) is 0 Å². The molecular weight excluding hydrogens is 344 g/mol. The number of rotatable bonds is 3. The number of thiophene rings is 1. The zero-order valence-electron chi connectivity index (χ0n) is 14.3. The van der Waals surface area contributed by atoms with Crippen LogP contribution in [0.1, 0.15) is 35.4 Å². The van der Waals surface area contributed by atoms with E-state index in [1.165, 1.54) is 11.1 Å². The lowest BCUT2D eigenvalue weighted by Gasteiger charge is -2.38. The van der Waals surface area contributed by atoms with E-state index in [1.807, 2.05) is 36.4 Å². The van der Waals surface area contributed by atoms with Gasteiger partial charge in [0.15, 0.2) is 0 Å². The largest absolute Gasteiger partial charge is 0.497 e. The second-order valence-corrected chi connectivity index (χ2v) is 7.22. The van der Waals surface area contributed by atoms with E-state index in [2.05, 4.69) is 34.0 Å². The Morgan fingerprint density at radius 3 is 2.73 bits per heavy atom. The van der Waals surface area contributed by atoms with Gasteiger partial charge in [0, 0.05) is 23.1 Å². The standard InChI is InChI=1S/C21H18N2O2S/c1-24-16-8-6-14(7-9-16)21-23-19(17-4-2-3-5-20(17)25-21)12-18(22-23)15-10-11-26-13-15/h2-11,13,19,21H,12H2,1H3/t19-,21+/m0/s1. The van der Waals surface area contributed by atoms with Gasteiger partial charge >= 0.3 is 0 Å². The second-order valence-electron chi connectivity index (χ2n) is 6.44. The van der Waals surface area contributed by atoms with Crippen LogP contribution in [0.25, 0.3) is 0 Å². The number of methoxy groups -OCH3 is 1. The summed E-state index contributed by atoms with van der Waals surface area (Å²) in [5.74, 6) is 1.78. The van der Waals surface area contributed by atoms with Crippen molar-refractivity contribution in [2.45, 2.75) is 18.7 Å². The first-order valence-corrected chi connectivity index (χ1v) is 9.55. The van der Waals surface area contributed by atoms with Gasteiger partial charge in [-0.05, 0) is 47.2 Å². The summed E-state index contributed by atoms with van der Waals surface area (Å²) in [5.41, 5.74) is 4.59. The Morgan fingerprint density at radius 2 is 1.96 bits per heavy atom. The van der Waals surface area contributed by atoms with E-state index >= 15 is 0 Å².